The van der Waals surface area contributed by atoms with E-state index < -0.39 is 24.0 Å². The lowest BCUT2D eigenvalue weighted by atomic mass is 9.94. The van der Waals surface area contributed by atoms with Crippen LogP contribution in [0.1, 0.15) is 17.3 Å². The Morgan fingerprint density at radius 2 is 1.78 bits per heavy atom. The van der Waals surface area contributed by atoms with E-state index in [9.17, 15) is 18.0 Å². The first-order valence-electron chi connectivity index (χ1n) is 5.20. The lowest BCUT2D eigenvalue weighted by Crippen LogP contribution is -2.38. The molecule has 0 aromatic heterocycles. The van der Waals surface area contributed by atoms with Gasteiger partial charge in [-0.2, -0.15) is 13.2 Å². The van der Waals surface area contributed by atoms with Crippen LogP contribution in [0, 0.1) is 5.92 Å². The van der Waals surface area contributed by atoms with Gasteiger partial charge in [-0.3, -0.25) is 4.79 Å². The van der Waals surface area contributed by atoms with E-state index in [1.54, 1.807) is 0 Å². The van der Waals surface area contributed by atoms with Crippen LogP contribution in [0.3, 0.4) is 0 Å². The van der Waals surface area contributed by atoms with Crippen LogP contribution in [0.15, 0.2) is 24.3 Å². The number of ketones is 1. The molecule has 1 rings (SSSR count). The Labute approximate surface area is 102 Å². The fraction of sp³-hybridized carbons (Fsp3) is 0.417. The minimum Gasteiger partial charge on any atom is -0.497 e. The number of carbonyl (C=O) groups is 1. The van der Waals surface area contributed by atoms with Gasteiger partial charge in [-0.05, 0) is 24.3 Å². The van der Waals surface area contributed by atoms with Crippen molar-refractivity contribution in [3.8, 4) is 5.75 Å². The molecule has 1 N–H and O–H groups in total. The van der Waals surface area contributed by atoms with E-state index in [4.69, 9.17) is 9.84 Å². The second-order valence-corrected chi connectivity index (χ2v) is 3.87. The van der Waals surface area contributed by atoms with Crippen molar-refractivity contribution in [1.29, 1.82) is 0 Å². The number of ether oxygens (including phenoxy) is 1. The second-order valence-electron chi connectivity index (χ2n) is 3.87. The van der Waals surface area contributed by atoms with Crippen molar-refractivity contribution in [2.75, 3.05) is 7.11 Å². The predicted molar refractivity (Wildman–Crippen MR) is 58.6 cm³/mol. The van der Waals surface area contributed by atoms with Crippen LogP contribution >= 0.6 is 0 Å². The second kappa shape index (κ2) is 5.39. The topological polar surface area (TPSA) is 46.5 Å². The maximum absolute atomic E-state index is 12.3. The molecule has 2 atom stereocenters. The van der Waals surface area contributed by atoms with E-state index in [-0.39, 0.29) is 5.56 Å². The number of aliphatic hydroxyl groups is 1. The molecular formula is C12H13F3O3. The number of hydrogen-bond acceptors (Lipinski definition) is 3. The molecule has 0 saturated heterocycles. The Kier molecular flexibility index (Phi) is 4.34. The van der Waals surface area contributed by atoms with Gasteiger partial charge in [0, 0.05) is 5.56 Å². The van der Waals surface area contributed by atoms with Crippen molar-refractivity contribution in [1.82, 2.24) is 0 Å². The standard InChI is InChI=1S/C12H13F3O3/c1-7(11(17)12(13,14)15)10(16)8-3-5-9(18-2)6-4-8/h3-7,11,17H,1-2H3. The van der Waals surface area contributed by atoms with Gasteiger partial charge in [-0.15, -0.1) is 0 Å². The Hall–Kier alpha value is -1.56. The van der Waals surface area contributed by atoms with Crippen LogP contribution in [0.2, 0.25) is 0 Å². The van der Waals surface area contributed by atoms with Gasteiger partial charge in [0.15, 0.2) is 11.9 Å². The fourth-order valence-electron chi connectivity index (χ4n) is 1.45. The molecule has 0 aliphatic rings. The largest absolute Gasteiger partial charge is 0.497 e. The van der Waals surface area contributed by atoms with Crippen molar-refractivity contribution in [2.45, 2.75) is 19.2 Å². The van der Waals surface area contributed by atoms with Gasteiger partial charge < -0.3 is 9.84 Å². The molecule has 0 spiro atoms. The van der Waals surface area contributed by atoms with E-state index in [1.165, 1.54) is 31.4 Å². The maximum Gasteiger partial charge on any atom is 0.415 e. The average molecular weight is 262 g/mol. The number of aliphatic hydroxyl groups excluding tert-OH is 1. The van der Waals surface area contributed by atoms with Crippen LogP contribution < -0.4 is 4.74 Å². The van der Waals surface area contributed by atoms with Gasteiger partial charge in [0.2, 0.25) is 0 Å². The van der Waals surface area contributed by atoms with Gasteiger partial charge in [0.1, 0.15) is 5.75 Å². The Morgan fingerprint density at radius 1 is 1.28 bits per heavy atom. The first kappa shape index (κ1) is 14.5. The molecule has 3 nitrogen and oxygen atoms in total. The normalized spacial score (nSPS) is 15.0. The summed E-state index contributed by atoms with van der Waals surface area (Å²) in [6, 6.07) is 5.67. The molecule has 0 radical (unpaired) electrons. The third-order valence-electron chi connectivity index (χ3n) is 2.60. The molecule has 100 valence electrons. The number of Topliss-reactive ketones (excluding diaryl/α,β-unsaturated/α-hetero) is 1. The molecule has 0 amide bonds. The number of alkyl halides is 3. The number of hydrogen-bond donors (Lipinski definition) is 1. The average Bonchev–Trinajstić information content (AvgIpc) is 2.35. The minimum absolute atomic E-state index is 0.103. The highest BCUT2D eigenvalue weighted by Crippen LogP contribution is 2.27. The quantitative estimate of drug-likeness (QED) is 0.848. The molecular weight excluding hydrogens is 249 g/mol. The number of carbonyl (C=O) groups excluding carboxylic acids is 1. The lowest BCUT2D eigenvalue weighted by molar-refractivity contribution is -0.212. The van der Waals surface area contributed by atoms with Crippen LogP contribution in [0.25, 0.3) is 0 Å². The third-order valence-corrected chi connectivity index (χ3v) is 2.60. The van der Waals surface area contributed by atoms with Crippen LogP contribution in [0.5, 0.6) is 5.75 Å². The summed E-state index contributed by atoms with van der Waals surface area (Å²) in [7, 11) is 1.44. The molecule has 0 fully saturated rings. The zero-order valence-corrected chi connectivity index (χ0v) is 9.86. The van der Waals surface area contributed by atoms with E-state index >= 15 is 0 Å². The summed E-state index contributed by atoms with van der Waals surface area (Å²) in [6.07, 6.45) is -7.46. The lowest BCUT2D eigenvalue weighted by Gasteiger charge is -2.20. The fourth-order valence-corrected chi connectivity index (χ4v) is 1.45. The molecule has 0 saturated carbocycles. The highest BCUT2D eigenvalue weighted by Gasteiger charge is 2.44. The Bertz CT molecular complexity index is 412. The molecule has 6 heteroatoms. The van der Waals surface area contributed by atoms with Gasteiger partial charge in [0.25, 0.3) is 0 Å². The van der Waals surface area contributed by atoms with Crippen LogP contribution in [0.4, 0.5) is 13.2 Å². The molecule has 1 aromatic rings. The summed E-state index contributed by atoms with van der Waals surface area (Å²) in [5.74, 6) is -1.81. The first-order chi connectivity index (χ1) is 8.27. The molecule has 0 heterocycles. The molecule has 0 aliphatic carbocycles. The maximum atomic E-state index is 12.3. The van der Waals surface area contributed by atoms with Crippen LogP contribution in [-0.4, -0.2) is 30.3 Å². The summed E-state index contributed by atoms with van der Waals surface area (Å²) < 4.78 is 41.7. The molecule has 1 aromatic carbocycles. The predicted octanol–water partition coefficient (Wildman–Crippen LogP) is 2.44. The summed E-state index contributed by atoms with van der Waals surface area (Å²) in [5, 5.41) is 9.02. The number of methoxy groups -OCH3 is 1. The smallest absolute Gasteiger partial charge is 0.415 e. The van der Waals surface area contributed by atoms with Gasteiger partial charge >= 0.3 is 6.18 Å². The highest BCUT2D eigenvalue weighted by atomic mass is 19.4. The summed E-state index contributed by atoms with van der Waals surface area (Å²) in [4.78, 5) is 11.7. The summed E-state index contributed by atoms with van der Waals surface area (Å²) >= 11 is 0. The highest BCUT2D eigenvalue weighted by molar-refractivity contribution is 5.98. The summed E-state index contributed by atoms with van der Waals surface area (Å²) in [6.45, 7) is 1.05. The van der Waals surface area contributed by atoms with Gasteiger partial charge in [0.05, 0.1) is 13.0 Å². The Morgan fingerprint density at radius 3 is 2.17 bits per heavy atom. The van der Waals surface area contributed by atoms with Crippen molar-refractivity contribution >= 4 is 5.78 Å². The van der Waals surface area contributed by atoms with E-state index in [0.717, 1.165) is 6.92 Å². The molecule has 2 unspecified atom stereocenters. The summed E-state index contributed by atoms with van der Waals surface area (Å²) in [5.41, 5.74) is 0.103. The third kappa shape index (κ3) is 3.22. The van der Waals surface area contributed by atoms with Crippen molar-refractivity contribution in [3.05, 3.63) is 29.8 Å². The van der Waals surface area contributed by atoms with Crippen molar-refractivity contribution in [2.24, 2.45) is 5.92 Å². The van der Waals surface area contributed by atoms with E-state index in [1.807, 2.05) is 0 Å². The van der Waals surface area contributed by atoms with Gasteiger partial charge in [-0.25, -0.2) is 0 Å². The number of benzene rings is 1. The van der Waals surface area contributed by atoms with Crippen molar-refractivity contribution in [3.63, 3.8) is 0 Å². The SMILES string of the molecule is COc1ccc(C(=O)C(C)C(O)C(F)(F)F)cc1. The number of halogens is 3. The Balaban J connectivity index is 2.86. The zero-order valence-electron chi connectivity index (χ0n) is 9.86. The molecule has 0 bridgehead atoms. The van der Waals surface area contributed by atoms with E-state index in [2.05, 4.69) is 0 Å². The molecule has 18 heavy (non-hydrogen) atoms. The molecule has 0 aliphatic heterocycles. The first-order valence-corrected chi connectivity index (χ1v) is 5.20. The van der Waals surface area contributed by atoms with E-state index in [0.29, 0.717) is 5.75 Å². The van der Waals surface area contributed by atoms with Crippen LogP contribution in [-0.2, 0) is 0 Å². The van der Waals surface area contributed by atoms with Crippen molar-refractivity contribution < 1.29 is 27.8 Å². The minimum atomic E-state index is -4.80. The monoisotopic (exact) mass is 262 g/mol. The van der Waals surface area contributed by atoms with Gasteiger partial charge in [-0.1, -0.05) is 6.92 Å². The zero-order chi connectivity index (χ0) is 13.9. The number of rotatable bonds is 4.